The minimum absolute atomic E-state index is 0.237. The number of para-hydroxylation sites is 2. The lowest BCUT2D eigenvalue weighted by molar-refractivity contribution is 0.0307. The first-order valence-electron chi connectivity index (χ1n) is 10.9. The first-order valence-corrected chi connectivity index (χ1v) is 10.9. The Morgan fingerprint density at radius 1 is 0.848 bits per heavy atom. The molecule has 2 aliphatic rings. The highest BCUT2D eigenvalue weighted by Gasteiger charge is 2.37. The zero-order chi connectivity index (χ0) is 22.4. The average Bonchev–Trinajstić information content (AvgIpc) is 3.45. The Balaban J connectivity index is 1.76. The van der Waals surface area contributed by atoms with Gasteiger partial charge in [-0.3, -0.25) is 14.9 Å². The van der Waals surface area contributed by atoms with Gasteiger partial charge in [-0.25, -0.2) is 0 Å². The van der Waals surface area contributed by atoms with Crippen molar-refractivity contribution in [2.75, 3.05) is 0 Å². The number of allylic oxidation sites excluding steroid dienone is 1. The fraction of sp³-hybridized carbons (Fsp3) is 0.154. The van der Waals surface area contributed by atoms with Crippen LogP contribution in [0.4, 0.5) is 0 Å². The van der Waals surface area contributed by atoms with Crippen LogP contribution < -0.4 is 5.32 Å². The van der Waals surface area contributed by atoms with Crippen molar-refractivity contribution in [3.05, 3.63) is 71.8 Å². The van der Waals surface area contributed by atoms with E-state index in [2.05, 4.69) is 14.9 Å². The molecule has 1 aliphatic heterocycles. The second-order valence-corrected chi connectivity index (χ2v) is 8.81. The maximum absolute atomic E-state index is 13.1. The highest BCUT2D eigenvalue weighted by atomic mass is 16.3. The van der Waals surface area contributed by atoms with Crippen LogP contribution in [0.25, 0.3) is 43.6 Å². The van der Waals surface area contributed by atoms with E-state index in [0.29, 0.717) is 17.5 Å². The number of aromatic amines is 1. The van der Waals surface area contributed by atoms with Gasteiger partial charge in [0.2, 0.25) is 0 Å². The number of fused-ring (bicyclic) bond motifs is 10. The Bertz CT molecular complexity index is 1710. The summed E-state index contributed by atoms with van der Waals surface area (Å²) in [6.45, 7) is 0. The van der Waals surface area contributed by atoms with E-state index >= 15 is 0 Å². The summed E-state index contributed by atoms with van der Waals surface area (Å²) in [4.78, 5) is 29.6. The van der Waals surface area contributed by atoms with Gasteiger partial charge in [-0.05, 0) is 12.1 Å². The van der Waals surface area contributed by atoms with Crippen LogP contribution in [0.1, 0.15) is 33.2 Å². The summed E-state index contributed by atoms with van der Waals surface area (Å²) in [6, 6.07) is 15.3. The zero-order valence-corrected chi connectivity index (χ0v) is 17.4. The molecule has 0 saturated heterocycles. The van der Waals surface area contributed by atoms with Gasteiger partial charge in [0.05, 0.1) is 40.4 Å². The van der Waals surface area contributed by atoms with Crippen molar-refractivity contribution < 1.29 is 19.8 Å². The number of hydrogen-bond donors (Lipinski definition) is 4. The monoisotopic (exact) mass is 437 g/mol. The molecule has 0 bridgehead atoms. The smallest absolute Gasteiger partial charge is 0.259 e. The molecule has 2 aromatic heterocycles. The summed E-state index contributed by atoms with van der Waals surface area (Å²) < 4.78 is 2.12. The summed E-state index contributed by atoms with van der Waals surface area (Å²) in [5.41, 5.74) is 4.15. The van der Waals surface area contributed by atoms with E-state index in [0.717, 1.165) is 43.6 Å². The molecule has 4 N–H and O–H groups in total. The van der Waals surface area contributed by atoms with Crippen molar-refractivity contribution in [3.8, 4) is 0 Å². The van der Waals surface area contributed by atoms with Crippen LogP contribution >= 0.6 is 0 Å². The Labute approximate surface area is 186 Å². The van der Waals surface area contributed by atoms with E-state index in [-0.39, 0.29) is 11.9 Å². The van der Waals surface area contributed by atoms with Gasteiger partial charge in [0, 0.05) is 39.0 Å². The van der Waals surface area contributed by atoms with Gasteiger partial charge in [-0.15, -0.1) is 0 Å². The quantitative estimate of drug-likeness (QED) is 0.238. The minimum atomic E-state index is -0.907. The second kappa shape index (κ2) is 6.31. The maximum atomic E-state index is 13.1. The number of rotatable bonds is 1. The molecule has 1 unspecified atom stereocenters. The summed E-state index contributed by atoms with van der Waals surface area (Å²) in [7, 11) is 0. The molecule has 7 nitrogen and oxygen atoms in total. The molecule has 7 heteroatoms. The molecule has 2 amide bonds. The predicted octanol–water partition coefficient (Wildman–Crippen LogP) is 3.54. The molecule has 3 heterocycles. The third-order valence-electron chi connectivity index (χ3n) is 7.02. The fourth-order valence-electron chi connectivity index (χ4n) is 5.65. The molecule has 0 spiro atoms. The van der Waals surface area contributed by atoms with Gasteiger partial charge in [-0.1, -0.05) is 48.6 Å². The van der Waals surface area contributed by atoms with Gasteiger partial charge >= 0.3 is 0 Å². The van der Waals surface area contributed by atoms with Crippen LogP contribution in [0.3, 0.4) is 0 Å². The van der Waals surface area contributed by atoms with Crippen molar-refractivity contribution in [1.29, 1.82) is 0 Å². The lowest BCUT2D eigenvalue weighted by Gasteiger charge is -2.27. The van der Waals surface area contributed by atoms with Crippen molar-refractivity contribution in [3.63, 3.8) is 0 Å². The van der Waals surface area contributed by atoms with Gasteiger partial charge < -0.3 is 19.8 Å². The number of amides is 2. The first kappa shape index (κ1) is 18.6. The lowest BCUT2D eigenvalue weighted by atomic mass is 9.95. The molecular weight excluding hydrogens is 418 g/mol. The number of nitrogens with zero attached hydrogens (tertiary/aromatic N) is 1. The summed E-state index contributed by atoms with van der Waals surface area (Å²) in [5, 5.41) is 26.1. The Morgan fingerprint density at radius 2 is 1.55 bits per heavy atom. The van der Waals surface area contributed by atoms with E-state index in [1.807, 2.05) is 54.6 Å². The van der Waals surface area contributed by atoms with Crippen molar-refractivity contribution in [2.24, 2.45) is 0 Å². The average molecular weight is 437 g/mol. The number of carbonyl (C=O) groups excluding carboxylic acids is 2. The normalized spacial score (nSPS) is 22.7. The number of aliphatic hydroxyl groups excluding tert-OH is 2. The summed E-state index contributed by atoms with van der Waals surface area (Å²) in [6.07, 6.45) is 2.04. The third-order valence-corrected chi connectivity index (χ3v) is 7.02. The van der Waals surface area contributed by atoms with Gasteiger partial charge in [0.25, 0.3) is 11.8 Å². The maximum Gasteiger partial charge on any atom is 0.259 e. The highest BCUT2D eigenvalue weighted by molar-refractivity contribution is 6.39. The molecule has 1 aliphatic carbocycles. The second-order valence-electron chi connectivity index (χ2n) is 8.81. The molecule has 33 heavy (non-hydrogen) atoms. The van der Waals surface area contributed by atoms with Crippen LogP contribution in [0.2, 0.25) is 0 Å². The van der Waals surface area contributed by atoms with Crippen LogP contribution in [-0.4, -0.2) is 43.8 Å². The minimum Gasteiger partial charge on any atom is -0.390 e. The molecule has 162 valence electrons. The summed E-state index contributed by atoms with van der Waals surface area (Å²) in [5.74, 6) is -0.788. The molecule has 5 aromatic rings. The fourth-order valence-corrected chi connectivity index (χ4v) is 5.65. The number of H-pyrrole nitrogens is 1. The standard InChI is InChI=1S/C26H19N3O4/c30-17-10-9-12(11-18(17)31)29-16-8-4-2-6-14(16)20-22-21(25(32)28-26(22)33)19-13-5-1-3-7-15(13)27-23(19)24(20)29/h1-10,12,17-18,27,30-31H,11H2,(H,28,32,33)/t12-,17?,18+/m0/s1. The number of aromatic nitrogens is 2. The van der Waals surface area contributed by atoms with Crippen molar-refractivity contribution >= 4 is 55.4 Å². The number of nitrogens with one attached hydrogen (secondary N) is 2. The SMILES string of the molecule is O=C1NC(=O)c2c1c1c3ccccc3[nH]c1c1c2c2ccccc2n1[C@H]1C=CC(O)[C@H](O)C1. The molecule has 0 fully saturated rings. The zero-order valence-electron chi connectivity index (χ0n) is 17.4. The van der Waals surface area contributed by atoms with E-state index in [1.165, 1.54) is 0 Å². The third kappa shape index (κ3) is 2.30. The number of hydrogen-bond acceptors (Lipinski definition) is 4. The molecule has 7 rings (SSSR count). The molecule has 0 saturated carbocycles. The Hall–Kier alpha value is -3.94. The topological polar surface area (TPSA) is 107 Å². The number of imide groups is 1. The van der Waals surface area contributed by atoms with Crippen LogP contribution in [0, 0.1) is 0 Å². The van der Waals surface area contributed by atoms with E-state index in [1.54, 1.807) is 6.08 Å². The van der Waals surface area contributed by atoms with Gasteiger partial charge in [-0.2, -0.15) is 0 Å². The van der Waals surface area contributed by atoms with Crippen LogP contribution in [0.5, 0.6) is 0 Å². The largest absolute Gasteiger partial charge is 0.390 e. The molecule has 3 atom stereocenters. The number of carbonyl (C=O) groups is 2. The molecular formula is C26H19N3O4. The van der Waals surface area contributed by atoms with E-state index < -0.39 is 18.1 Å². The highest BCUT2D eigenvalue weighted by Crippen LogP contribution is 2.45. The van der Waals surface area contributed by atoms with Gasteiger partial charge in [0.1, 0.15) is 0 Å². The Kier molecular flexibility index (Phi) is 3.56. The lowest BCUT2D eigenvalue weighted by Crippen LogP contribution is -2.30. The van der Waals surface area contributed by atoms with Crippen molar-refractivity contribution in [1.82, 2.24) is 14.9 Å². The van der Waals surface area contributed by atoms with E-state index in [4.69, 9.17) is 0 Å². The number of benzene rings is 3. The van der Waals surface area contributed by atoms with E-state index in [9.17, 15) is 19.8 Å². The first-order chi connectivity index (χ1) is 16.0. The Morgan fingerprint density at radius 3 is 2.33 bits per heavy atom. The van der Waals surface area contributed by atoms with Crippen LogP contribution in [0.15, 0.2) is 60.7 Å². The molecule has 3 aromatic carbocycles. The number of aliphatic hydroxyl groups is 2. The van der Waals surface area contributed by atoms with Crippen molar-refractivity contribution in [2.45, 2.75) is 24.7 Å². The summed E-state index contributed by atoms with van der Waals surface area (Å²) >= 11 is 0. The molecule has 0 radical (unpaired) electrons. The predicted molar refractivity (Wildman–Crippen MR) is 125 cm³/mol. The van der Waals surface area contributed by atoms with Gasteiger partial charge in [0.15, 0.2) is 0 Å². The van der Waals surface area contributed by atoms with Crippen LogP contribution in [-0.2, 0) is 0 Å².